The molecule has 0 fully saturated rings. The number of nitrogens with zero attached hydrogens (tertiary/aromatic N) is 2. The minimum Gasteiger partial charge on any atom is -0.482 e. The Balaban J connectivity index is 1.79. The predicted octanol–water partition coefficient (Wildman–Crippen LogP) is 4.32. The van der Waals surface area contributed by atoms with Crippen molar-refractivity contribution < 1.29 is 14.6 Å². The number of para-hydroxylation sites is 2. The molecular formula is C21H18N2O3. The molecule has 0 aliphatic rings. The molecule has 0 amide bonds. The van der Waals surface area contributed by atoms with E-state index in [4.69, 9.17) is 9.84 Å². The van der Waals surface area contributed by atoms with Gasteiger partial charge in [-0.25, -0.2) is 9.80 Å². The summed E-state index contributed by atoms with van der Waals surface area (Å²) >= 11 is 0. The molecule has 26 heavy (non-hydrogen) atoms. The summed E-state index contributed by atoms with van der Waals surface area (Å²) in [6.07, 6.45) is 1.75. The minimum absolute atomic E-state index is 0.358. The second kappa shape index (κ2) is 8.48. The zero-order chi connectivity index (χ0) is 18.2. The van der Waals surface area contributed by atoms with Crippen LogP contribution in [0.2, 0.25) is 0 Å². The number of hydrazone groups is 1. The average molecular weight is 346 g/mol. The van der Waals surface area contributed by atoms with Crippen molar-refractivity contribution in [3.05, 3.63) is 90.5 Å². The van der Waals surface area contributed by atoms with Gasteiger partial charge in [-0.3, -0.25) is 0 Å². The molecule has 0 atom stereocenters. The summed E-state index contributed by atoms with van der Waals surface area (Å²) in [6.45, 7) is -0.358. The molecule has 0 radical (unpaired) electrons. The number of anilines is 2. The Morgan fingerprint density at radius 3 is 1.92 bits per heavy atom. The van der Waals surface area contributed by atoms with Crippen LogP contribution < -0.4 is 9.75 Å². The van der Waals surface area contributed by atoms with Crippen molar-refractivity contribution in [1.29, 1.82) is 0 Å². The topological polar surface area (TPSA) is 62.1 Å². The van der Waals surface area contributed by atoms with Gasteiger partial charge < -0.3 is 9.84 Å². The Kier molecular flexibility index (Phi) is 5.62. The van der Waals surface area contributed by atoms with Crippen LogP contribution in [0.15, 0.2) is 90.0 Å². The normalized spacial score (nSPS) is 10.6. The second-order valence-corrected chi connectivity index (χ2v) is 5.48. The molecule has 130 valence electrons. The number of rotatable bonds is 7. The van der Waals surface area contributed by atoms with E-state index in [2.05, 4.69) is 5.10 Å². The molecule has 0 aromatic heterocycles. The fourth-order valence-electron chi connectivity index (χ4n) is 2.34. The monoisotopic (exact) mass is 346 g/mol. The first kappa shape index (κ1) is 17.2. The summed E-state index contributed by atoms with van der Waals surface area (Å²) in [5, 5.41) is 15.1. The van der Waals surface area contributed by atoms with Gasteiger partial charge in [0.15, 0.2) is 6.61 Å². The molecule has 0 bridgehead atoms. The lowest BCUT2D eigenvalue weighted by atomic mass is 10.2. The molecule has 3 rings (SSSR count). The van der Waals surface area contributed by atoms with Crippen LogP contribution in [0.1, 0.15) is 5.56 Å². The molecule has 5 heteroatoms. The molecule has 0 unspecified atom stereocenters. The van der Waals surface area contributed by atoms with E-state index in [0.717, 1.165) is 16.9 Å². The summed E-state index contributed by atoms with van der Waals surface area (Å²) in [4.78, 5) is 10.5. The first-order valence-electron chi connectivity index (χ1n) is 8.11. The first-order chi connectivity index (χ1) is 12.7. The first-order valence-corrected chi connectivity index (χ1v) is 8.11. The molecule has 3 aromatic carbocycles. The number of aliphatic carboxylic acids is 1. The Morgan fingerprint density at radius 2 is 1.42 bits per heavy atom. The van der Waals surface area contributed by atoms with Crippen LogP contribution in [0.4, 0.5) is 11.4 Å². The molecule has 0 saturated heterocycles. The van der Waals surface area contributed by atoms with E-state index in [1.54, 1.807) is 18.3 Å². The smallest absolute Gasteiger partial charge is 0.341 e. The number of ether oxygens (including phenoxy) is 1. The summed E-state index contributed by atoms with van der Waals surface area (Å²) in [6, 6.07) is 26.9. The van der Waals surface area contributed by atoms with Crippen LogP contribution in [-0.2, 0) is 4.79 Å². The summed E-state index contributed by atoms with van der Waals surface area (Å²) in [5.41, 5.74) is 2.79. The highest BCUT2D eigenvalue weighted by Gasteiger charge is 2.06. The van der Waals surface area contributed by atoms with Crippen molar-refractivity contribution in [2.24, 2.45) is 5.10 Å². The molecule has 0 heterocycles. The van der Waals surface area contributed by atoms with Gasteiger partial charge in [0.2, 0.25) is 0 Å². The van der Waals surface area contributed by atoms with E-state index in [1.807, 2.05) is 77.8 Å². The quantitative estimate of drug-likeness (QED) is 0.511. The molecule has 0 saturated carbocycles. The van der Waals surface area contributed by atoms with Crippen molar-refractivity contribution in [2.45, 2.75) is 0 Å². The highest BCUT2D eigenvalue weighted by atomic mass is 16.5. The van der Waals surface area contributed by atoms with E-state index >= 15 is 0 Å². The van der Waals surface area contributed by atoms with Gasteiger partial charge in [-0.05, 0) is 54.1 Å². The fourth-order valence-corrected chi connectivity index (χ4v) is 2.34. The number of hydrogen-bond acceptors (Lipinski definition) is 4. The summed E-state index contributed by atoms with van der Waals surface area (Å²) in [5.74, 6) is -0.496. The van der Waals surface area contributed by atoms with Gasteiger partial charge in [0.1, 0.15) is 5.75 Å². The number of carboxylic acids is 1. The van der Waals surface area contributed by atoms with Gasteiger partial charge >= 0.3 is 5.97 Å². The molecule has 0 aliphatic heterocycles. The maximum Gasteiger partial charge on any atom is 0.341 e. The van der Waals surface area contributed by atoms with Crippen LogP contribution in [0.3, 0.4) is 0 Å². The number of carboxylic acid groups (broad SMARTS) is 1. The van der Waals surface area contributed by atoms with Crippen molar-refractivity contribution in [3.63, 3.8) is 0 Å². The number of benzene rings is 3. The Morgan fingerprint density at radius 1 is 0.885 bits per heavy atom. The van der Waals surface area contributed by atoms with Crippen molar-refractivity contribution in [1.82, 2.24) is 0 Å². The maximum atomic E-state index is 10.5. The van der Waals surface area contributed by atoms with Gasteiger partial charge in [0.25, 0.3) is 0 Å². The third-order valence-corrected chi connectivity index (χ3v) is 3.57. The lowest BCUT2D eigenvalue weighted by Gasteiger charge is -2.19. The van der Waals surface area contributed by atoms with E-state index < -0.39 is 5.97 Å². The average Bonchev–Trinajstić information content (AvgIpc) is 2.69. The van der Waals surface area contributed by atoms with E-state index in [9.17, 15) is 4.79 Å². The van der Waals surface area contributed by atoms with Gasteiger partial charge in [-0.2, -0.15) is 5.10 Å². The molecule has 0 aliphatic carbocycles. The van der Waals surface area contributed by atoms with E-state index in [1.165, 1.54) is 0 Å². The molecule has 0 spiro atoms. The van der Waals surface area contributed by atoms with E-state index in [0.29, 0.717) is 5.75 Å². The summed E-state index contributed by atoms with van der Waals surface area (Å²) < 4.78 is 5.13. The van der Waals surface area contributed by atoms with Crippen LogP contribution in [0, 0.1) is 0 Å². The van der Waals surface area contributed by atoms with Gasteiger partial charge in [-0.15, -0.1) is 0 Å². The number of carbonyl (C=O) groups is 1. The predicted molar refractivity (Wildman–Crippen MR) is 102 cm³/mol. The van der Waals surface area contributed by atoms with Crippen LogP contribution in [0.25, 0.3) is 0 Å². The van der Waals surface area contributed by atoms with E-state index in [-0.39, 0.29) is 6.61 Å². The zero-order valence-electron chi connectivity index (χ0n) is 14.0. The maximum absolute atomic E-state index is 10.5. The molecular weight excluding hydrogens is 328 g/mol. The Hall–Kier alpha value is -3.60. The second-order valence-electron chi connectivity index (χ2n) is 5.48. The van der Waals surface area contributed by atoms with Crippen molar-refractivity contribution in [3.8, 4) is 5.75 Å². The largest absolute Gasteiger partial charge is 0.482 e. The van der Waals surface area contributed by atoms with Crippen LogP contribution in [0.5, 0.6) is 5.75 Å². The third-order valence-electron chi connectivity index (χ3n) is 3.57. The SMILES string of the molecule is O=C(O)COc1ccc(/C=N\N(c2ccccc2)c2ccccc2)cc1. The van der Waals surface area contributed by atoms with Crippen molar-refractivity contribution in [2.75, 3.05) is 11.6 Å². The fraction of sp³-hybridized carbons (Fsp3) is 0.0476. The third kappa shape index (κ3) is 4.70. The molecule has 1 N–H and O–H groups in total. The Labute approximate surface area is 151 Å². The lowest BCUT2D eigenvalue weighted by Crippen LogP contribution is -2.09. The van der Waals surface area contributed by atoms with Crippen molar-refractivity contribution >= 4 is 23.6 Å². The zero-order valence-corrected chi connectivity index (χ0v) is 14.0. The molecule has 5 nitrogen and oxygen atoms in total. The van der Waals surface area contributed by atoms with Gasteiger partial charge in [0, 0.05) is 0 Å². The standard InChI is InChI=1S/C21H18N2O3/c24-21(25)16-26-20-13-11-17(12-14-20)15-22-23(18-7-3-1-4-8-18)19-9-5-2-6-10-19/h1-15H,16H2,(H,24,25)/b22-15-. The van der Waals surface area contributed by atoms with Crippen LogP contribution in [-0.4, -0.2) is 23.9 Å². The highest BCUT2D eigenvalue weighted by molar-refractivity contribution is 5.82. The van der Waals surface area contributed by atoms with Crippen LogP contribution >= 0.6 is 0 Å². The minimum atomic E-state index is -1.00. The van der Waals surface area contributed by atoms with Gasteiger partial charge in [-0.1, -0.05) is 36.4 Å². The Bertz CT molecular complexity index is 823. The molecule has 3 aromatic rings. The lowest BCUT2D eigenvalue weighted by molar-refractivity contribution is -0.139. The van der Waals surface area contributed by atoms with Gasteiger partial charge in [0.05, 0.1) is 17.6 Å². The summed E-state index contributed by atoms with van der Waals surface area (Å²) in [7, 11) is 0. The highest BCUT2D eigenvalue weighted by Crippen LogP contribution is 2.25. The number of hydrogen-bond donors (Lipinski definition) is 1.